The lowest BCUT2D eigenvalue weighted by Gasteiger charge is -2.35. The molecule has 7 nitrogen and oxygen atoms in total. The predicted molar refractivity (Wildman–Crippen MR) is 108 cm³/mol. The third-order valence-corrected chi connectivity index (χ3v) is 4.87. The number of amides is 2. The van der Waals surface area contributed by atoms with Crippen molar-refractivity contribution in [2.75, 3.05) is 50.6 Å². The van der Waals surface area contributed by atoms with Gasteiger partial charge in [-0.2, -0.15) is 0 Å². The molecule has 1 N–H and O–H groups in total. The second-order valence-electron chi connectivity index (χ2n) is 6.53. The fourth-order valence-electron chi connectivity index (χ4n) is 3.30. The van der Waals surface area contributed by atoms with Crippen molar-refractivity contribution in [1.29, 1.82) is 0 Å². The summed E-state index contributed by atoms with van der Waals surface area (Å²) in [6.07, 6.45) is 0. The van der Waals surface area contributed by atoms with Crippen LogP contribution in [0.1, 0.15) is 17.3 Å². The smallest absolute Gasteiger partial charge is 0.263 e. The summed E-state index contributed by atoms with van der Waals surface area (Å²) >= 11 is 0. The molecular formula is C21H25N3O4. The minimum Gasteiger partial charge on any atom is -0.496 e. The Balaban J connectivity index is 1.68. The lowest BCUT2D eigenvalue weighted by atomic mass is 10.1. The maximum absolute atomic E-state index is 12.7. The molecule has 7 heteroatoms. The van der Waals surface area contributed by atoms with Crippen molar-refractivity contribution >= 4 is 23.2 Å². The van der Waals surface area contributed by atoms with Gasteiger partial charge >= 0.3 is 0 Å². The average Bonchev–Trinajstić information content (AvgIpc) is 2.73. The molecule has 0 radical (unpaired) electrons. The number of carbonyl (C=O) groups is 2. The van der Waals surface area contributed by atoms with Gasteiger partial charge in [-0.15, -0.1) is 0 Å². The van der Waals surface area contributed by atoms with E-state index in [9.17, 15) is 9.59 Å². The molecule has 0 spiro atoms. The molecule has 0 aliphatic carbocycles. The Morgan fingerprint density at radius 1 is 0.893 bits per heavy atom. The molecule has 0 atom stereocenters. The maximum atomic E-state index is 12.7. The number of hydrogen-bond donors (Lipinski definition) is 1. The summed E-state index contributed by atoms with van der Waals surface area (Å²) in [5.74, 6) is 0.732. The lowest BCUT2D eigenvalue weighted by molar-refractivity contribution is -0.129. The van der Waals surface area contributed by atoms with Crippen LogP contribution in [-0.4, -0.2) is 57.1 Å². The Hall–Kier alpha value is -3.22. The molecular weight excluding hydrogens is 358 g/mol. The number of benzene rings is 2. The van der Waals surface area contributed by atoms with E-state index in [1.54, 1.807) is 25.1 Å². The monoisotopic (exact) mass is 383 g/mol. The van der Waals surface area contributed by atoms with Crippen LogP contribution in [0.2, 0.25) is 0 Å². The molecule has 148 valence electrons. The second-order valence-corrected chi connectivity index (χ2v) is 6.53. The number of ether oxygens (including phenoxy) is 2. The van der Waals surface area contributed by atoms with Crippen molar-refractivity contribution in [3.05, 3.63) is 48.0 Å². The molecule has 0 unspecified atom stereocenters. The fraction of sp³-hybridized carbons (Fsp3) is 0.333. The zero-order valence-corrected chi connectivity index (χ0v) is 16.4. The van der Waals surface area contributed by atoms with Gasteiger partial charge in [0, 0.05) is 44.5 Å². The van der Waals surface area contributed by atoms with Crippen molar-refractivity contribution in [3.8, 4) is 11.5 Å². The minimum atomic E-state index is -0.294. The van der Waals surface area contributed by atoms with Crippen LogP contribution in [0.4, 0.5) is 11.4 Å². The van der Waals surface area contributed by atoms with Crippen LogP contribution in [0.3, 0.4) is 0 Å². The lowest BCUT2D eigenvalue weighted by Crippen LogP contribution is -2.48. The van der Waals surface area contributed by atoms with Crippen molar-refractivity contribution in [2.24, 2.45) is 0 Å². The summed E-state index contributed by atoms with van der Waals surface area (Å²) in [4.78, 5) is 28.3. The SMILES string of the molecule is COc1cccc(OC)c1C(=O)Nc1ccc(N2CCN(C(C)=O)CC2)cc1. The number of anilines is 2. The Bertz CT molecular complexity index is 821. The Kier molecular flexibility index (Phi) is 6.03. The number of rotatable bonds is 5. The van der Waals surface area contributed by atoms with Crippen LogP contribution in [0.5, 0.6) is 11.5 Å². The minimum absolute atomic E-state index is 0.115. The van der Waals surface area contributed by atoms with Gasteiger partial charge in [0.25, 0.3) is 5.91 Å². The molecule has 0 saturated carbocycles. The van der Waals surface area contributed by atoms with E-state index in [1.807, 2.05) is 29.2 Å². The summed E-state index contributed by atoms with van der Waals surface area (Å²) in [6, 6.07) is 12.9. The van der Waals surface area contributed by atoms with Gasteiger partial charge in [0.15, 0.2) is 0 Å². The van der Waals surface area contributed by atoms with Gasteiger partial charge in [0.05, 0.1) is 14.2 Å². The number of methoxy groups -OCH3 is 2. The first kappa shape index (κ1) is 19.5. The molecule has 1 heterocycles. The first-order valence-corrected chi connectivity index (χ1v) is 9.16. The average molecular weight is 383 g/mol. The summed E-state index contributed by atoms with van der Waals surface area (Å²) in [5.41, 5.74) is 2.11. The topological polar surface area (TPSA) is 71.1 Å². The molecule has 1 aliphatic rings. The van der Waals surface area contributed by atoms with Gasteiger partial charge < -0.3 is 24.6 Å². The molecule has 3 rings (SSSR count). The summed E-state index contributed by atoms with van der Waals surface area (Å²) in [6.45, 7) is 4.64. The molecule has 2 amide bonds. The first-order valence-electron chi connectivity index (χ1n) is 9.16. The molecule has 1 aliphatic heterocycles. The molecule has 2 aromatic carbocycles. The quantitative estimate of drug-likeness (QED) is 0.859. The van der Waals surface area contributed by atoms with Gasteiger partial charge in [-0.05, 0) is 36.4 Å². The van der Waals surface area contributed by atoms with E-state index in [0.29, 0.717) is 22.7 Å². The Morgan fingerprint density at radius 3 is 1.96 bits per heavy atom. The van der Waals surface area contributed by atoms with E-state index in [2.05, 4.69) is 10.2 Å². The van der Waals surface area contributed by atoms with Crippen molar-refractivity contribution in [1.82, 2.24) is 4.90 Å². The summed E-state index contributed by atoms with van der Waals surface area (Å²) in [5, 5.41) is 2.89. The highest BCUT2D eigenvalue weighted by Gasteiger charge is 2.20. The van der Waals surface area contributed by atoms with Crippen LogP contribution in [0, 0.1) is 0 Å². The Labute approximate surface area is 164 Å². The highest BCUT2D eigenvalue weighted by molar-refractivity contribution is 6.08. The van der Waals surface area contributed by atoms with Crippen molar-refractivity contribution in [3.63, 3.8) is 0 Å². The summed E-state index contributed by atoms with van der Waals surface area (Å²) < 4.78 is 10.6. The highest BCUT2D eigenvalue weighted by atomic mass is 16.5. The number of nitrogens with zero attached hydrogens (tertiary/aromatic N) is 2. The molecule has 0 aromatic heterocycles. The van der Waals surface area contributed by atoms with Gasteiger partial charge in [0.2, 0.25) is 5.91 Å². The van der Waals surface area contributed by atoms with Gasteiger partial charge in [-0.1, -0.05) is 6.07 Å². The van der Waals surface area contributed by atoms with E-state index >= 15 is 0 Å². The fourth-order valence-corrected chi connectivity index (χ4v) is 3.30. The Morgan fingerprint density at radius 2 is 1.46 bits per heavy atom. The van der Waals surface area contributed by atoms with Crippen LogP contribution in [0.15, 0.2) is 42.5 Å². The third kappa shape index (κ3) is 4.19. The van der Waals surface area contributed by atoms with Gasteiger partial charge in [-0.25, -0.2) is 0 Å². The molecule has 2 aromatic rings. The van der Waals surface area contributed by atoms with E-state index < -0.39 is 0 Å². The van der Waals surface area contributed by atoms with Crippen LogP contribution in [-0.2, 0) is 4.79 Å². The number of hydrogen-bond acceptors (Lipinski definition) is 5. The standard InChI is InChI=1S/C21H25N3O4/c1-15(25)23-11-13-24(14-12-23)17-9-7-16(8-10-17)22-21(26)20-18(27-2)5-4-6-19(20)28-3/h4-10H,11-14H2,1-3H3,(H,22,26). The summed E-state index contributed by atoms with van der Waals surface area (Å²) in [7, 11) is 3.04. The molecule has 1 saturated heterocycles. The van der Waals surface area contributed by atoms with Crippen LogP contribution in [0.25, 0.3) is 0 Å². The first-order chi connectivity index (χ1) is 13.5. The van der Waals surface area contributed by atoms with E-state index in [0.717, 1.165) is 31.9 Å². The number of piperazine rings is 1. The van der Waals surface area contributed by atoms with Gasteiger partial charge in [-0.3, -0.25) is 9.59 Å². The van der Waals surface area contributed by atoms with Crippen LogP contribution < -0.4 is 19.7 Å². The van der Waals surface area contributed by atoms with E-state index in [1.165, 1.54) is 14.2 Å². The van der Waals surface area contributed by atoms with E-state index in [-0.39, 0.29) is 11.8 Å². The zero-order valence-electron chi connectivity index (χ0n) is 16.4. The van der Waals surface area contributed by atoms with Gasteiger partial charge in [0.1, 0.15) is 17.1 Å². The number of carbonyl (C=O) groups excluding carboxylic acids is 2. The number of nitrogens with one attached hydrogen (secondary N) is 1. The molecule has 28 heavy (non-hydrogen) atoms. The third-order valence-electron chi connectivity index (χ3n) is 4.87. The molecule has 1 fully saturated rings. The highest BCUT2D eigenvalue weighted by Crippen LogP contribution is 2.29. The van der Waals surface area contributed by atoms with E-state index in [4.69, 9.17) is 9.47 Å². The second kappa shape index (κ2) is 8.65. The van der Waals surface area contributed by atoms with Crippen LogP contribution >= 0.6 is 0 Å². The zero-order chi connectivity index (χ0) is 20.1. The van der Waals surface area contributed by atoms with Crippen molar-refractivity contribution in [2.45, 2.75) is 6.92 Å². The largest absolute Gasteiger partial charge is 0.496 e. The predicted octanol–water partition coefficient (Wildman–Crippen LogP) is 2.62. The molecule has 0 bridgehead atoms. The van der Waals surface area contributed by atoms with Crippen molar-refractivity contribution < 1.29 is 19.1 Å². The normalized spacial score (nSPS) is 13.8. The maximum Gasteiger partial charge on any atom is 0.263 e.